The molecule has 0 aromatic rings. The highest BCUT2D eigenvalue weighted by atomic mass is 35.5. The van der Waals surface area contributed by atoms with Crippen molar-refractivity contribution in [1.29, 1.82) is 0 Å². The molecule has 4 heteroatoms. The lowest BCUT2D eigenvalue weighted by molar-refractivity contribution is -0.143. The van der Waals surface area contributed by atoms with Crippen LogP contribution in [0.2, 0.25) is 0 Å². The predicted octanol–water partition coefficient (Wildman–Crippen LogP) is 7.59. The summed E-state index contributed by atoms with van der Waals surface area (Å²) in [7, 11) is 0. The Kier molecular flexibility index (Phi) is 19.4. The summed E-state index contributed by atoms with van der Waals surface area (Å²) >= 11 is 11.0. The van der Waals surface area contributed by atoms with Gasteiger partial charge in [-0.3, -0.25) is 4.79 Å². The molecule has 24 heavy (non-hydrogen) atoms. The molecule has 0 spiro atoms. The Hall–Kier alpha value is 0.0500. The number of esters is 1. The number of halogens is 2. The maximum atomic E-state index is 11.3. The number of hydrogen-bond donors (Lipinski definition) is 0. The number of hydrogen-bond acceptors (Lipinski definition) is 2. The Balaban J connectivity index is 3.08. The van der Waals surface area contributed by atoms with Crippen molar-refractivity contribution in [2.24, 2.45) is 0 Å². The lowest BCUT2D eigenvalue weighted by Gasteiger charge is -2.05. The summed E-state index contributed by atoms with van der Waals surface area (Å²) in [5.74, 6) is -0.184. The van der Waals surface area contributed by atoms with Gasteiger partial charge < -0.3 is 4.74 Å². The van der Waals surface area contributed by atoms with Crippen molar-refractivity contribution in [3.63, 3.8) is 0 Å². The van der Waals surface area contributed by atoms with Crippen molar-refractivity contribution in [3.8, 4) is 0 Å². The van der Waals surface area contributed by atoms with Gasteiger partial charge >= 0.3 is 5.97 Å². The van der Waals surface area contributed by atoms with Gasteiger partial charge in [0.1, 0.15) is 11.4 Å². The quantitative estimate of drug-likeness (QED) is 0.139. The average molecular weight is 381 g/mol. The molecule has 0 radical (unpaired) electrons. The first-order chi connectivity index (χ1) is 11.7. The first kappa shape index (κ1) is 24.1. The molecule has 0 aromatic heterocycles. The number of carbonyl (C=O) groups is 1. The Bertz CT molecular complexity index is 270. The van der Waals surface area contributed by atoms with Gasteiger partial charge in [0.25, 0.3) is 0 Å². The van der Waals surface area contributed by atoms with E-state index >= 15 is 0 Å². The minimum absolute atomic E-state index is 0.0979. The molecule has 0 atom stereocenters. The normalized spacial score (nSPS) is 11.2. The molecule has 0 aromatic carbocycles. The van der Waals surface area contributed by atoms with E-state index in [9.17, 15) is 4.79 Å². The van der Waals surface area contributed by atoms with E-state index in [0.717, 1.165) is 12.8 Å². The smallest absolute Gasteiger partial charge is 0.305 e. The van der Waals surface area contributed by atoms with Gasteiger partial charge in [-0.1, -0.05) is 96.8 Å². The molecule has 0 bridgehead atoms. The van der Waals surface area contributed by atoms with Crippen LogP contribution in [0.15, 0.2) is 0 Å². The minimum Gasteiger partial charge on any atom is -0.463 e. The third kappa shape index (κ3) is 20.1. The largest absolute Gasteiger partial charge is 0.463 e. The Morgan fingerprint density at radius 1 is 0.708 bits per heavy atom. The molecule has 0 aliphatic heterocycles. The fourth-order valence-corrected chi connectivity index (χ4v) is 2.99. The van der Waals surface area contributed by atoms with Crippen LogP contribution in [0.4, 0.5) is 0 Å². The molecule has 144 valence electrons. The molecule has 2 nitrogen and oxygen atoms in total. The SMILES string of the molecule is CCCCCCCCCCCCCCCCCC(=O)OCC(Cl)Cl. The van der Waals surface area contributed by atoms with Crippen molar-refractivity contribution in [2.45, 2.75) is 114 Å². The second kappa shape index (κ2) is 19.4. The maximum absolute atomic E-state index is 11.3. The van der Waals surface area contributed by atoms with Gasteiger partial charge in [0.05, 0.1) is 0 Å². The van der Waals surface area contributed by atoms with E-state index in [0.29, 0.717) is 6.42 Å². The van der Waals surface area contributed by atoms with E-state index in [1.165, 1.54) is 83.5 Å². The van der Waals surface area contributed by atoms with Gasteiger partial charge in [0.15, 0.2) is 0 Å². The molecule has 0 amide bonds. The average Bonchev–Trinajstić information content (AvgIpc) is 2.56. The maximum Gasteiger partial charge on any atom is 0.305 e. The van der Waals surface area contributed by atoms with Gasteiger partial charge in [-0.25, -0.2) is 0 Å². The molecule has 0 fully saturated rings. The summed E-state index contributed by atoms with van der Waals surface area (Å²) in [6.45, 7) is 2.37. The van der Waals surface area contributed by atoms with Gasteiger partial charge in [-0.05, 0) is 6.42 Å². The van der Waals surface area contributed by atoms with Crippen LogP contribution in [0.5, 0.6) is 0 Å². The minimum atomic E-state index is -0.616. The van der Waals surface area contributed by atoms with Crippen molar-refractivity contribution in [1.82, 2.24) is 0 Å². The van der Waals surface area contributed by atoms with E-state index in [4.69, 9.17) is 27.9 Å². The summed E-state index contributed by atoms with van der Waals surface area (Å²) in [4.78, 5) is 10.7. The zero-order valence-electron chi connectivity index (χ0n) is 15.7. The van der Waals surface area contributed by atoms with Crippen LogP contribution in [0.3, 0.4) is 0 Å². The molecular weight excluding hydrogens is 343 g/mol. The number of carbonyl (C=O) groups excluding carboxylic acids is 1. The van der Waals surface area contributed by atoms with Gasteiger partial charge in [0, 0.05) is 6.42 Å². The third-order valence-electron chi connectivity index (χ3n) is 4.35. The van der Waals surface area contributed by atoms with Crippen LogP contribution < -0.4 is 0 Å². The Morgan fingerprint density at radius 3 is 1.46 bits per heavy atom. The second-order valence-corrected chi connectivity index (χ2v) is 8.05. The number of ether oxygens (including phenoxy) is 1. The molecule has 0 aliphatic carbocycles. The third-order valence-corrected chi connectivity index (χ3v) is 4.61. The number of unbranched alkanes of at least 4 members (excludes halogenated alkanes) is 14. The monoisotopic (exact) mass is 380 g/mol. The summed E-state index contributed by atoms with van der Waals surface area (Å²) in [5.41, 5.74) is 0. The summed E-state index contributed by atoms with van der Waals surface area (Å²) in [5, 5.41) is 0. The zero-order valence-corrected chi connectivity index (χ0v) is 17.2. The molecule has 0 N–H and O–H groups in total. The zero-order chi connectivity index (χ0) is 17.9. The van der Waals surface area contributed by atoms with Crippen molar-refractivity contribution in [3.05, 3.63) is 0 Å². The highest BCUT2D eigenvalue weighted by Gasteiger charge is 2.05. The highest BCUT2D eigenvalue weighted by Crippen LogP contribution is 2.14. The first-order valence-corrected chi connectivity index (χ1v) is 11.0. The van der Waals surface area contributed by atoms with Gasteiger partial charge in [-0.2, -0.15) is 0 Å². The lowest BCUT2D eigenvalue weighted by Crippen LogP contribution is -2.09. The van der Waals surface area contributed by atoms with Crippen molar-refractivity contribution < 1.29 is 9.53 Å². The second-order valence-electron chi connectivity index (χ2n) is 6.77. The molecule has 0 unspecified atom stereocenters. The predicted molar refractivity (Wildman–Crippen MR) is 106 cm³/mol. The van der Waals surface area contributed by atoms with E-state index in [1.807, 2.05) is 0 Å². The summed E-state index contributed by atoms with van der Waals surface area (Å²) < 4.78 is 4.92. The standard InChI is InChI=1S/C20H38Cl2O2/c1-2-3-4-5-6-7-8-9-10-11-12-13-14-15-16-17-20(23)24-18-19(21)22/h19H,2-18H2,1H3. The molecule has 0 saturated carbocycles. The lowest BCUT2D eigenvalue weighted by atomic mass is 10.0. The molecule has 0 aliphatic rings. The van der Waals surface area contributed by atoms with Crippen molar-refractivity contribution in [2.75, 3.05) is 6.61 Å². The van der Waals surface area contributed by atoms with Crippen LogP contribution >= 0.6 is 23.2 Å². The van der Waals surface area contributed by atoms with Crippen molar-refractivity contribution >= 4 is 29.2 Å². The fourth-order valence-electron chi connectivity index (χ4n) is 2.87. The number of rotatable bonds is 18. The van der Waals surface area contributed by atoms with Crippen LogP contribution in [-0.2, 0) is 9.53 Å². The van der Waals surface area contributed by atoms with E-state index < -0.39 is 4.84 Å². The van der Waals surface area contributed by atoms with Crippen LogP contribution in [0.1, 0.15) is 110 Å². The Labute approximate surface area is 160 Å². The first-order valence-electron chi connectivity index (χ1n) is 10.1. The van der Waals surface area contributed by atoms with Crippen LogP contribution in [0, 0.1) is 0 Å². The molecule has 0 rings (SSSR count). The van der Waals surface area contributed by atoms with E-state index in [-0.39, 0.29) is 12.6 Å². The number of alkyl halides is 2. The van der Waals surface area contributed by atoms with Crippen LogP contribution in [0.25, 0.3) is 0 Å². The summed E-state index contributed by atoms with van der Waals surface area (Å²) in [6.07, 6.45) is 20.4. The topological polar surface area (TPSA) is 26.3 Å². The summed E-state index contributed by atoms with van der Waals surface area (Å²) in [6, 6.07) is 0. The fraction of sp³-hybridized carbons (Fsp3) is 0.950. The van der Waals surface area contributed by atoms with E-state index in [1.54, 1.807) is 0 Å². The van der Waals surface area contributed by atoms with Crippen LogP contribution in [-0.4, -0.2) is 17.4 Å². The van der Waals surface area contributed by atoms with Gasteiger partial charge in [-0.15, -0.1) is 23.2 Å². The Morgan fingerprint density at radius 2 is 1.08 bits per heavy atom. The molecule has 0 heterocycles. The molecule has 0 saturated heterocycles. The molecular formula is C20H38Cl2O2. The van der Waals surface area contributed by atoms with Gasteiger partial charge in [0.2, 0.25) is 0 Å². The highest BCUT2D eigenvalue weighted by molar-refractivity contribution is 6.44. The van der Waals surface area contributed by atoms with E-state index in [2.05, 4.69) is 6.92 Å².